The lowest BCUT2D eigenvalue weighted by atomic mass is 10.0. The van der Waals surface area contributed by atoms with Gasteiger partial charge in [0, 0.05) is 5.69 Å². The third-order valence-electron chi connectivity index (χ3n) is 5.06. The molecule has 0 saturated heterocycles. The number of anilines is 2. The summed E-state index contributed by atoms with van der Waals surface area (Å²) in [5.74, 6) is 0.584. The number of carbonyl (C=O) groups is 1. The first-order valence-electron chi connectivity index (χ1n) is 8.77. The highest BCUT2D eigenvalue weighted by molar-refractivity contribution is 5.98. The van der Waals surface area contributed by atoms with Gasteiger partial charge in [0.2, 0.25) is 0 Å². The van der Waals surface area contributed by atoms with Crippen LogP contribution in [0.15, 0.2) is 66.7 Å². The number of fused-ring (bicyclic) bond motifs is 4. The summed E-state index contributed by atoms with van der Waals surface area (Å²) in [6, 6.07) is 22.9. The van der Waals surface area contributed by atoms with E-state index >= 15 is 0 Å². The molecule has 2 N–H and O–H groups in total. The Morgan fingerprint density at radius 3 is 2.27 bits per heavy atom. The van der Waals surface area contributed by atoms with Crippen molar-refractivity contribution in [2.45, 2.75) is 19.1 Å². The molecule has 0 radical (unpaired) electrons. The van der Waals surface area contributed by atoms with Gasteiger partial charge >= 0.3 is 0 Å². The molecule has 5 rings (SSSR count). The maximum Gasteiger partial charge on any atom is 0.265 e. The van der Waals surface area contributed by atoms with Crippen LogP contribution >= 0.6 is 0 Å². The van der Waals surface area contributed by atoms with Crippen molar-refractivity contribution in [2.75, 3.05) is 10.6 Å². The average molecular weight is 342 g/mol. The summed E-state index contributed by atoms with van der Waals surface area (Å²) in [5, 5.41) is 6.53. The lowest BCUT2D eigenvalue weighted by Crippen LogP contribution is -2.34. The minimum absolute atomic E-state index is 0.0829. The van der Waals surface area contributed by atoms with Crippen LogP contribution in [0.25, 0.3) is 11.1 Å². The first kappa shape index (κ1) is 15.0. The molecule has 0 unspecified atom stereocenters. The van der Waals surface area contributed by atoms with E-state index in [-0.39, 0.29) is 11.9 Å². The minimum atomic E-state index is -0.463. The number of amides is 1. The molecule has 1 aliphatic heterocycles. The van der Waals surface area contributed by atoms with Crippen LogP contribution in [0.1, 0.15) is 24.1 Å². The van der Waals surface area contributed by atoms with Crippen LogP contribution in [-0.2, 0) is 4.79 Å². The van der Waals surface area contributed by atoms with E-state index in [0.29, 0.717) is 11.4 Å². The van der Waals surface area contributed by atoms with Crippen LogP contribution < -0.4 is 15.4 Å². The molecule has 0 fully saturated rings. The Bertz CT molecular complexity index is 983. The maximum absolute atomic E-state index is 11.9. The normalized spacial score (nSPS) is 17.6. The first-order chi connectivity index (χ1) is 12.7. The van der Waals surface area contributed by atoms with E-state index in [1.807, 2.05) is 18.2 Å². The minimum Gasteiger partial charge on any atom is -0.479 e. The SMILES string of the molecule is C[C@H]1Oc2ccc(NC3c4ccccc4-c4ccccc43)cc2NC1=O. The summed E-state index contributed by atoms with van der Waals surface area (Å²) in [5.41, 5.74) is 6.71. The zero-order chi connectivity index (χ0) is 17.7. The molecule has 1 atom stereocenters. The fraction of sp³-hybridized carbons (Fsp3) is 0.136. The van der Waals surface area contributed by atoms with Crippen LogP contribution in [0.4, 0.5) is 11.4 Å². The first-order valence-corrected chi connectivity index (χ1v) is 8.77. The number of hydrogen-bond donors (Lipinski definition) is 2. The molecule has 4 heteroatoms. The highest BCUT2D eigenvalue weighted by atomic mass is 16.5. The van der Waals surface area contributed by atoms with Crippen LogP contribution in [0.3, 0.4) is 0 Å². The molecule has 1 aliphatic carbocycles. The molecule has 0 saturated carbocycles. The molecule has 0 bridgehead atoms. The van der Waals surface area contributed by atoms with Crippen molar-refractivity contribution in [1.29, 1.82) is 0 Å². The van der Waals surface area contributed by atoms with Crippen molar-refractivity contribution in [2.24, 2.45) is 0 Å². The molecule has 3 aromatic rings. The van der Waals surface area contributed by atoms with Gasteiger partial charge in [-0.25, -0.2) is 0 Å². The number of rotatable bonds is 2. The van der Waals surface area contributed by atoms with Gasteiger partial charge in [0.1, 0.15) is 5.75 Å². The summed E-state index contributed by atoms with van der Waals surface area (Å²) in [6.07, 6.45) is -0.463. The van der Waals surface area contributed by atoms with Gasteiger partial charge in [-0.3, -0.25) is 4.79 Å². The Kier molecular flexibility index (Phi) is 3.25. The molecular formula is C22H18N2O2. The molecule has 1 heterocycles. The van der Waals surface area contributed by atoms with Crippen molar-refractivity contribution in [1.82, 2.24) is 0 Å². The molecule has 2 aliphatic rings. The van der Waals surface area contributed by atoms with Crippen molar-refractivity contribution in [3.63, 3.8) is 0 Å². The second kappa shape index (κ2) is 5.63. The number of carbonyl (C=O) groups excluding carboxylic acids is 1. The van der Waals surface area contributed by atoms with Crippen molar-refractivity contribution < 1.29 is 9.53 Å². The summed E-state index contributed by atoms with van der Waals surface area (Å²) < 4.78 is 5.64. The highest BCUT2D eigenvalue weighted by Crippen LogP contribution is 2.45. The second-order valence-corrected chi connectivity index (χ2v) is 6.71. The molecule has 128 valence electrons. The fourth-order valence-electron chi connectivity index (χ4n) is 3.78. The second-order valence-electron chi connectivity index (χ2n) is 6.71. The molecule has 3 aromatic carbocycles. The predicted molar refractivity (Wildman–Crippen MR) is 103 cm³/mol. The summed E-state index contributed by atoms with van der Waals surface area (Å²) in [7, 11) is 0. The summed E-state index contributed by atoms with van der Waals surface area (Å²) >= 11 is 0. The third kappa shape index (κ3) is 2.26. The Morgan fingerprint density at radius 1 is 0.923 bits per heavy atom. The molecule has 0 aromatic heterocycles. The zero-order valence-electron chi connectivity index (χ0n) is 14.3. The van der Waals surface area contributed by atoms with E-state index in [2.05, 4.69) is 59.2 Å². The lowest BCUT2D eigenvalue weighted by Gasteiger charge is -2.25. The van der Waals surface area contributed by atoms with E-state index in [0.717, 1.165) is 5.69 Å². The molecule has 26 heavy (non-hydrogen) atoms. The number of nitrogens with one attached hydrogen (secondary N) is 2. The standard InChI is InChI=1S/C22H18N2O2/c1-13-22(25)24-19-12-14(10-11-20(19)26-13)23-21-17-8-4-2-6-15(17)16-7-3-5-9-18(16)21/h2-13,21,23H,1H3,(H,24,25)/t13-/m1/s1. The Labute approximate surface area is 151 Å². The highest BCUT2D eigenvalue weighted by Gasteiger charge is 2.29. The Balaban J connectivity index is 1.53. The van der Waals surface area contributed by atoms with E-state index in [4.69, 9.17) is 4.74 Å². The lowest BCUT2D eigenvalue weighted by molar-refractivity contribution is -0.122. The molecule has 1 amide bonds. The maximum atomic E-state index is 11.9. The van der Waals surface area contributed by atoms with E-state index in [1.165, 1.54) is 22.3 Å². The summed E-state index contributed by atoms with van der Waals surface area (Å²) in [4.78, 5) is 11.9. The van der Waals surface area contributed by atoms with Gasteiger partial charge in [0.15, 0.2) is 6.10 Å². The van der Waals surface area contributed by atoms with E-state index in [1.54, 1.807) is 6.92 Å². The molecule has 0 spiro atoms. The van der Waals surface area contributed by atoms with Crippen LogP contribution in [0.2, 0.25) is 0 Å². The van der Waals surface area contributed by atoms with Crippen molar-refractivity contribution in [3.8, 4) is 16.9 Å². The van der Waals surface area contributed by atoms with Crippen LogP contribution in [-0.4, -0.2) is 12.0 Å². The molecule has 4 nitrogen and oxygen atoms in total. The van der Waals surface area contributed by atoms with E-state index in [9.17, 15) is 4.79 Å². The largest absolute Gasteiger partial charge is 0.479 e. The summed E-state index contributed by atoms with van der Waals surface area (Å²) in [6.45, 7) is 1.75. The van der Waals surface area contributed by atoms with Gasteiger partial charge in [-0.2, -0.15) is 0 Å². The quantitative estimate of drug-likeness (QED) is 0.716. The fourth-order valence-corrected chi connectivity index (χ4v) is 3.78. The third-order valence-corrected chi connectivity index (χ3v) is 5.06. The van der Waals surface area contributed by atoms with Crippen molar-refractivity contribution >= 4 is 17.3 Å². The van der Waals surface area contributed by atoms with E-state index < -0.39 is 6.10 Å². The van der Waals surface area contributed by atoms with Crippen molar-refractivity contribution in [3.05, 3.63) is 77.9 Å². The smallest absolute Gasteiger partial charge is 0.265 e. The van der Waals surface area contributed by atoms with Crippen LogP contribution in [0, 0.1) is 0 Å². The Morgan fingerprint density at radius 2 is 1.58 bits per heavy atom. The number of hydrogen-bond acceptors (Lipinski definition) is 3. The van der Waals surface area contributed by atoms with Gasteiger partial charge < -0.3 is 15.4 Å². The van der Waals surface area contributed by atoms with Crippen LogP contribution in [0.5, 0.6) is 5.75 Å². The Hall–Kier alpha value is -3.27. The average Bonchev–Trinajstić information content (AvgIpc) is 2.97. The number of ether oxygens (including phenoxy) is 1. The molecular weight excluding hydrogens is 324 g/mol. The monoisotopic (exact) mass is 342 g/mol. The van der Waals surface area contributed by atoms with Gasteiger partial charge in [0.25, 0.3) is 5.91 Å². The number of benzene rings is 3. The van der Waals surface area contributed by atoms with Gasteiger partial charge in [0.05, 0.1) is 11.7 Å². The topological polar surface area (TPSA) is 50.4 Å². The van der Waals surface area contributed by atoms with Gasteiger partial charge in [-0.05, 0) is 47.4 Å². The predicted octanol–water partition coefficient (Wildman–Crippen LogP) is 4.59. The van der Waals surface area contributed by atoms with Gasteiger partial charge in [-0.1, -0.05) is 48.5 Å². The zero-order valence-corrected chi connectivity index (χ0v) is 14.3. The van der Waals surface area contributed by atoms with Gasteiger partial charge in [-0.15, -0.1) is 0 Å².